The molecule has 2 amide bonds. The summed E-state index contributed by atoms with van der Waals surface area (Å²) < 4.78 is 2.33. The zero-order valence-corrected chi connectivity index (χ0v) is 19.0. The van der Waals surface area contributed by atoms with Crippen LogP contribution in [0.3, 0.4) is 0 Å². The van der Waals surface area contributed by atoms with Crippen LogP contribution in [0, 0.1) is 0 Å². The van der Waals surface area contributed by atoms with E-state index in [0.29, 0.717) is 11.1 Å². The number of aromatic nitrogens is 1. The van der Waals surface area contributed by atoms with E-state index in [4.69, 9.17) is 0 Å². The van der Waals surface area contributed by atoms with Crippen molar-refractivity contribution >= 4 is 44.4 Å². The minimum atomic E-state index is -0.252. The molecular weight excluding hydrogens is 432 g/mol. The first-order chi connectivity index (χ1) is 17.1. The number of rotatable bonds is 2. The predicted octanol–water partition coefficient (Wildman–Crippen LogP) is 6.83. The molecule has 0 saturated heterocycles. The highest BCUT2D eigenvalue weighted by atomic mass is 16.2. The van der Waals surface area contributed by atoms with Gasteiger partial charge in [-0.1, -0.05) is 72.8 Å². The van der Waals surface area contributed by atoms with E-state index in [0.717, 1.165) is 38.6 Å². The molecule has 0 aliphatic carbocycles. The highest BCUT2D eigenvalue weighted by molar-refractivity contribution is 6.22. The number of benzene rings is 5. The van der Waals surface area contributed by atoms with Gasteiger partial charge in [-0.2, -0.15) is 0 Å². The van der Waals surface area contributed by atoms with Crippen LogP contribution in [0.25, 0.3) is 49.4 Å². The van der Waals surface area contributed by atoms with Crippen LogP contribution in [0.15, 0.2) is 103 Å². The van der Waals surface area contributed by atoms with Crippen LogP contribution in [0.2, 0.25) is 0 Å². The zero-order chi connectivity index (χ0) is 23.7. The molecule has 0 radical (unpaired) electrons. The average Bonchev–Trinajstić information content (AvgIpc) is 3.35. The predicted molar refractivity (Wildman–Crippen MR) is 140 cm³/mol. The third-order valence-corrected chi connectivity index (χ3v) is 7.12. The maximum atomic E-state index is 12.6. The molecule has 0 fully saturated rings. The fourth-order valence-corrected chi connectivity index (χ4v) is 5.45. The standard InChI is InChI=1S/C31H20N2O2/c1-32-30(34)25-17-16-19(18-26(25)31(32)35)20-10-6-12-22-21(20)11-7-15-29(22)33-27-13-4-2-8-23(27)24-9-3-5-14-28(24)33/h2-18H,1H3. The molecule has 0 atom stereocenters. The lowest BCUT2D eigenvalue weighted by molar-refractivity contribution is 0.0693. The lowest BCUT2D eigenvalue weighted by Crippen LogP contribution is -2.24. The smallest absolute Gasteiger partial charge is 0.261 e. The van der Waals surface area contributed by atoms with Gasteiger partial charge in [0.15, 0.2) is 0 Å². The molecule has 0 saturated carbocycles. The number of hydrogen-bond acceptors (Lipinski definition) is 2. The molecule has 5 aromatic carbocycles. The fourth-order valence-electron chi connectivity index (χ4n) is 5.45. The summed E-state index contributed by atoms with van der Waals surface area (Å²) in [5.74, 6) is -0.499. The van der Waals surface area contributed by atoms with Crippen LogP contribution in [0.1, 0.15) is 20.7 Å². The number of para-hydroxylation sites is 2. The fraction of sp³-hybridized carbons (Fsp3) is 0.0323. The van der Waals surface area contributed by atoms with Crippen molar-refractivity contribution in [2.45, 2.75) is 0 Å². The van der Waals surface area contributed by atoms with Crippen LogP contribution >= 0.6 is 0 Å². The van der Waals surface area contributed by atoms with Crippen LogP contribution in [-0.2, 0) is 0 Å². The number of carbonyl (C=O) groups is 2. The van der Waals surface area contributed by atoms with Gasteiger partial charge in [0, 0.05) is 23.2 Å². The Labute approximate surface area is 201 Å². The van der Waals surface area contributed by atoms with Gasteiger partial charge in [-0.05, 0) is 46.8 Å². The molecule has 0 N–H and O–H groups in total. The number of imide groups is 1. The minimum Gasteiger partial charge on any atom is -0.309 e. The largest absolute Gasteiger partial charge is 0.309 e. The molecular formula is C31H20N2O2. The molecule has 0 bridgehead atoms. The van der Waals surface area contributed by atoms with Gasteiger partial charge >= 0.3 is 0 Å². The Morgan fingerprint density at radius 1 is 0.514 bits per heavy atom. The summed E-state index contributed by atoms with van der Waals surface area (Å²) in [7, 11) is 1.53. The molecule has 1 aliphatic heterocycles. The third-order valence-electron chi connectivity index (χ3n) is 7.12. The van der Waals surface area contributed by atoms with Crippen molar-refractivity contribution in [3.8, 4) is 16.8 Å². The maximum Gasteiger partial charge on any atom is 0.261 e. The second-order valence-electron chi connectivity index (χ2n) is 8.98. The molecule has 2 heterocycles. The summed E-state index contributed by atoms with van der Waals surface area (Å²) in [5, 5.41) is 4.66. The first-order valence-corrected chi connectivity index (χ1v) is 11.6. The van der Waals surface area contributed by atoms with Gasteiger partial charge in [0.25, 0.3) is 11.8 Å². The van der Waals surface area contributed by atoms with E-state index >= 15 is 0 Å². The van der Waals surface area contributed by atoms with Gasteiger partial charge in [0.2, 0.25) is 0 Å². The van der Waals surface area contributed by atoms with Crippen molar-refractivity contribution in [2.75, 3.05) is 7.05 Å². The van der Waals surface area contributed by atoms with Crippen molar-refractivity contribution < 1.29 is 9.59 Å². The summed E-state index contributed by atoms with van der Waals surface area (Å²) in [6.07, 6.45) is 0. The van der Waals surface area contributed by atoms with E-state index in [1.807, 2.05) is 12.1 Å². The summed E-state index contributed by atoms with van der Waals surface area (Å²) in [6, 6.07) is 35.2. The molecule has 4 nitrogen and oxygen atoms in total. The Kier molecular flexibility index (Phi) is 4.03. The monoisotopic (exact) mass is 452 g/mol. The van der Waals surface area contributed by atoms with Crippen molar-refractivity contribution in [1.29, 1.82) is 0 Å². The normalized spacial score (nSPS) is 13.3. The molecule has 6 aromatic rings. The minimum absolute atomic E-state index is 0.247. The Morgan fingerprint density at radius 2 is 1.11 bits per heavy atom. The summed E-state index contributed by atoms with van der Waals surface area (Å²) in [6.45, 7) is 0. The molecule has 7 rings (SSSR count). The molecule has 35 heavy (non-hydrogen) atoms. The summed E-state index contributed by atoms with van der Waals surface area (Å²) in [4.78, 5) is 26.2. The summed E-state index contributed by atoms with van der Waals surface area (Å²) in [5.41, 5.74) is 6.31. The topological polar surface area (TPSA) is 42.3 Å². The SMILES string of the molecule is CN1C(=O)c2ccc(-c3cccc4c(-n5c6ccccc6c6ccccc65)cccc34)cc2C1=O. The second-order valence-corrected chi connectivity index (χ2v) is 8.98. The molecule has 1 aromatic heterocycles. The quantitative estimate of drug-likeness (QED) is 0.270. The molecule has 0 unspecified atom stereocenters. The number of carbonyl (C=O) groups excluding carboxylic acids is 2. The van der Waals surface area contributed by atoms with E-state index < -0.39 is 0 Å². The average molecular weight is 453 g/mol. The van der Waals surface area contributed by atoms with Gasteiger partial charge < -0.3 is 4.57 Å². The van der Waals surface area contributed by atoms with Crippen LogP contribution in [-0.4, -0.2) is 28.3 Å². The van der Waals surface area contributed by atoms with E-state index in [1.54, 1.807) is 6.07 Å². The Morgan fingerprint density at radius 3 is 1.86 bits per heavy atom. The molecule has 4 heteroatoms. The first kappa shape index (κ1) is 19.7. The Hall–Kier alpha value is -4.70. The molecule has 1 aliphatic rings. The first-order valence-electron chi connectivity index (χ1n) is 11.6. The number of fused-ring (bicyclic) bond motifs is 5. The maximum absolute atomic E-state index is 12.6. The van der Waals surface area contributed by atoms with Crippen molar-refractivity contribution in [3.63, 3.8) is 0 Å². The van der Waals surface area contributed by atoms with Crippen LogP contribution in [0.4, 0.5) is 0 Å². The van der Waals surface area contributed by atoms with E-state index in [9.17, 15) is 9.59 Å². The van der Waals surface area contributed by atoms with Crippen LogP contribution < -0.4 is 0 Å². The zero-order valence-electron chi connectivity index (χ0n) is 19.0. The third kappa shape index (κ3) is 2.68. The lowest BCUT2D eigenvalue weighted by Gasteiger charge is -2.14. The Balaban J connectivity index is 1.50. The molecule has 0 spiro atoms. The number of amides is 2. The number of hydrogen-bond donors (Lipinski definition) is 0. The number of nitrogens with zero attached hydrogens (tertiary/aromatic N) is 2. The van der Waals surface area contributed by atoms with Gasteiger partial charge in [-0.25, -0.2) is 0 Å². The second kappa shape index (κ2) is 7.15. The Bertz CT molecular complexity index is 1810. The lowest BCUT2D eigenvalue weighted by atomic mass is 9.95. The van der Waals surface area contributed by atoms with Gasteiger partial charge in [0.05, 0.1) is 27.8 Å². The van der Waals surface area contributed by atoms with Gasteiger partial charge in [0.1, 0.15) is 0 Å². The van der Waals surface area contributed by atoms with Crippen molar-refractivity contribution in [3.05, 3.63) is 114 Å². The van der Waals surface area contributed by atoms with E-state index in [2.05, 4.69) is 89.5 Å². The highest BCUT2D eigenvalue weighted by Crippen LogP contribution is 2.38. The molecule has 166 valence electrons. The van der Waals surface area contributed by atoms with E-state index in [-0.39, 0.29) is 11.8 Å². The summed E-state index contributed by atoms with van der Waals surface area (Å²) >= 11 is 0. The van der Waals surface area contributed by atoms with Crippen LogP contribution in [0.5, 0.6) is 0 Å². The van der Waals surface area contributed by atoms with Gasteiger partial charge in [-0.3, -0.25) is 14.5 Å². The van der Waals surface area contributed by atoms with Crippen molar-refractivity contribution in [1.82, 2.24) is 9.47 Å². The highest BCUT2D eigenvalue weighted by Gasteiger charge is 2.32. The van der Waals surface area contributed by atoms with E-state index in [1.165, 1.54) is 22.7 Å². The van der Waals surface area contributed by atoms with Crippen molar-refractivity contribution in [2.24, 2.45) is 0 Å². The van der Waals surface area contributed by atoms with Gasteiger partial charge in [-0.15, -0.1) is 0 Å².